The largest absolute Gasteiger partial charge is 0.481 e. The van der Waals surface area contributed by atoms with Crippen LogP contribution in [0.15, 0.2) is 0 Å². The molecule has 0 unspecified atom stereocenters. The number of carboxylic acid groups (broad SMARTS) is 1. The molecule has 40 valence electrons. The molecule has 0 saturated heterocycles. The Hall–Kier alpha value is 0.703. The van der Waals surface area contributed by atoms with Crippen LogP contribution in [0.5, 0.6) is 0 Å². The van der Waals surface area contributed by atoms with Crippen LogP contribution in [0.4, 0.5) is 0 Å². The second-order valence-electron chi connectivity index (χ2n) is 0.846. The molecule has 0 amide bonds. The van der Waals surface area contributed by atoms with E-state index in [1.54, 1.807) is 0 Å². The van der Waals surface area contributed by atoms with Gasteiger partial charge in [0.2, 0.25) is 0 Å². The maximum absolute atomic E-state index is 9.95. The second-order valence-corrected chi connectivity index (χ2v) is 1.29. The summed E-state index contributed by atoms with van der Waals surface area (Å²) in [6.45, 7) is 0. The molecule has 7 heavy (non-hydrogen) atoms. The normalized spacial score (nSPS) is 8.43. The smallest absolute Gasteiger partial charge is 0.304 e. The van der Waals surface area contributed by atoms with Crippen LogP contribution in [0.3, 0.4) is 0 Å². The molecule has 0 atom stereocenters. The van der Waals surface area contributed by atoms with Crippen molar-refractivity contribution in [2.75, 3.05) is 5.75 Å². The van der Waals surface area contributed by atoms with Gasteiger partial charge >= 0.3 is 5.97 Å². The average Bonchev–Trinajstić information content (AvgIpc) is 1.68. The topological polar surface area (TPSA) is 37.3 Å². The van der Waals surface area contributed by atoms with E-state index in [4.69, 9.17) is 1.43 Å². The Morgan fingerprint density at radius 1 is 2.00 bits per heavy atom. The van der Waals surface area contributed by atoms with Crippen LogP contribution in [0.2, 0.25) is 0 Å². The van der Waals surface area contributed by atoms with E-state index in [0.717, 1.165) is 0 Å². The number of hydrogen-bond acceptors (Lipinski definition) is 3. The van der Waals surface area contributed by atoms with Gasteiger partial charge in [-0.25, -0.2) is 0 Å². The van der Waals surface area contributed by atoms with Gasteiger partial charge in [-0.05, 0) is 0 Å². The zero-order chi connectivity index (χ0) is 5.70. The van der Waals surface area contributed by atoms with Gasteiger partial charge in [-0.3, -0.25) is 4.79 Å². The monoisotopic (exact) mass is 197 g/mol. The molecule has 0 aromatic heterocycles. The fourth-order valence-electron chi connectivity index (χ4n) is 0.0913. The molecule has 1 N–H and O–H groups in total. The van der Waals surface area contributed by atoms with Crippen molar-refractivity contribution >= 4 is 18.6 Å². The molecule has 0 aliphatic carbocycles. The van der Waals surface area contributed by atoms with Crippen LogP contribution >= 0.6 is 12.6 Å². The zero-order valence-corrected chi connectivity index (χ0v) is 7.03. The summed E-state index contributed by atoms with van der Waals surface area (Å²) >= 11 is 3.73. The number of carboxylic acids is 1. The Kier molecular flexibility index (Phi) is 7.38. The summed E-state index contributed by atoms with van der Waals surface area (Å²) in [4.78, 5) is 9.95. The second kappa shape index (κ2) is 6.70. The number of rotatable bonds is 2. The molecular weight excluding hydrogens is 191 g/mol. The Balaban J connectivity index is 0. The van der Waals surface area contributed by atoms with Gasteiger partial charge in [0.25, 0.3) is 1.43 Å². The van der Waals surface area contributed by atoms with Crippen molar-refractivity contribution in [2.24, 2.45) is 0 Å². The van der Waals surface area contributed by atoms with Crippen molar-refractivity contribution in [3.63, 3.8) is 0 Å². The predicted molar refractivity (Wildman–Crippen MR) is 26.1 cm³/mol. The summed E-state index contributed by atoms with van der Waals surface area (Å²) in [5, 5.41) is 3.55. The van der Waals surface area contributed by atoms with Crippen LogP contribution < -0.4 is 0 Å². The van der Waals surface area contributed by atoms with E-state index in [2.05, 4.69) is 17.7 Å². The molecule has 0 fully saturated rings. The first kappa shape index (κ1) is 7.70. The summed E-state index contributed by atoms with van der Waals surface area (Å²) in [6, 6.07) is 0. The standard InChI is InChI=1S/C3H6O2S.Zr/c4-3(5)1-2-6;/h6H,1-2H2,(H,4,5);/i/hD. The third-order valence-electron chi connectivity index (χ3n) is 0.316. The summed E-state index contributed by atoms with van der Waals surface area (Å²) in [7, 11) is 0. The number of thiol groups is 1. The van der Waals surface area contributed by atoms with E-state index in [9.17, 15) is 4.79 Å². The summed E-state index contributed by atoms with van der Waals surface area (Å²) < 4.78 is 6.03. The Labute approximate surface area is 68.3 Å². The molecule has 4 heteroatoms. The van der Waals surface area contributed by atoms with Crippen LogP contribution in [0.1, 0.15) is 6.42 Å². The van der Waals surface area contributed by atoms with E-state index >= 15 is 0 Å². The van der Waals surface area contributed by atoms with Gasteiger partial charge in [0, 0.05) is 32.0 Å². The molecular formula is C3H6O2SZr. The van der Waals surface area contributed by atoms with Crippen LogP contribution in [0, 0.1) is 0 Å². The van der Waals surface area contributed by atoms with Crippen molar-refractivity contribution < 1.29 is 36.1 Å². The fourth-order valence-corrected chi connectivity index (χ4v) is 0.274. The van der Waals surface area contributed by atoms with Crippen LogP contribution in [0.25, 0.3) is 1.43 Å². The Morgan fingerprint density at radius 2 is 2.57 bits per heavy atom. The van der Waals surface area contributed by atoms with E-state index in [-0.39, 0.29) is 32.6 Å². The molecule has 0 spiro atoms. The number of hydrogen-bond donors (Lipinski definition) is 2. The molecule has 0 radical (unpaired) electrons. The molecule has 0 aliphatic heterocycles. The van der Waals surface area contributed by atoms with Crippen molar-refractivity contribution in [2.45, 2.75) is 6.42 Å². The molecule has 0 rings (SSSR count). The molecule has 0 bridgehead atoms. The molecule has 0 aliphatic rings. The molecule has 0 aromatic rings. The van der Waals surface area contributed by atoms with E-state index < -0.39 is 5.97 Å². The van der Waals surface area contributed by atoms with Gasteiger partial charge in [-0.2, -0.15) is 12.6 Å². The molecule has 0 aromatic carbocycles. The summed E-state index contributed by atoms with van der Waals surface area (Å²) in [5.41, 5.74) is 0. The van der Waals surface area contributed by atoms with Crippen LogP contribution in [-0.2, 0) is 31.0 Å². The SMILES string of the molecule is [2H]OC(=O)CCS.[Zr]. The van der Waals surface area contributed by atoms with E-state index in [1.165, 1.54) is 0 Å². The molecule has 0 heterocycles. The third kappa shape index (κ3) is 10.8. The van der Waals surface area contributed by atoms with Gasteiger partial charge in [0.1, 0.15) is 0 Å². The third-order valence-corrected chi connectivity index (χ3v) is 0.540. The van der Waals surface area contributed by atoms with Gasteiger partial charge < -0.3 is 5.11 Å². The Bertz CT molecular complexity index is 70.3. The minimum atomic E-state index is -0.532. The number of carbonyl (C=O) groups is 1. The van der Waals surface area contributed by atoms with Crippen molar-refractivity contribution in [1.82, 2.24) is 0 Å². The fraction of sp³-hybridized carbons (Fsp3) is 0.667. The van der Waals surface area contributed by atoms with Gasteiger partial charge in [-0.1, -0.05) is 0 Å². The average molecular weight is 198 g/mol. The van der Waals surface area contributed by atoms with Gasteiger partial charge in [-0.15, -0.1) is 0 Å². The van der Waals surface area contributed by atoms with Gasteiger partial charge in [0.15, 0.2) is 0 Å². The minimum Gasteiger partial charge on any atom is -0.481 e. The van der Waals surface area contributed by atoms with E-state index in [1.807, 2.05) is 0 Å². The minimum absolute atomic E-state index is 0. The summed E-state index contributed by atoms with van der Waals surface area (Å²) in [6.07, 6.45) is 0.215. The quantitative estimate of drug-likeness (QED) is 0.630. The van der Waals surface area contributed by atoms with E-state index in [0.29, 0.717) is 5.75 Å². The first-order chi connectivity index (χ1) is 3.31. The first-order valence-corrected chi connectivity index (χ1v) is 2.21. The van der Waals surface area contributed by atoms with Gasteiger partial charge in [0.05, 0.1) is 6.42 Å². The zero-order valence-electron chi connectivity index (χ0n) is 4.68. The summed E-state index contributed by atoms with van der Waals surface area (Å²) in [5.74, 6) is -0.0902. The van der Waals surface area contributed by atoms with Crippen molar-refractivity contribution in [3.05, 3.63) is 0 Å². The van der Waals surface area contributed by atoms with Crippen LogP contribution in [-0.4, -0.2) is 16.8 Å². The maximum atomic E-state index is 9.95. The molecule has 0 saturated carbocycles. The number of aliphatic carboxylic acids is 1. The van der Waals surface area contributed by atoms with Crippen molar-refractivity contribution in [3.8, 4) is 0 Å². The Morgan fingerprint density at radius 3 is 2.71 bits per heavy atom. The first-order valence-electron chi connectivity index (χ1n) is 1.99. The maximum Gasteiger partial charge on any atom is 0.304 e. The molecule has 2 nitrogen and oxygen atoms in total. The van der Waals surface area contributed by atoms with Crippen molar-refractivity contribution in [1.29, 1.82) is 1.43 Å². The predicted octanol–water partition coefficient (Wildman–Crippen LogP) is 0.388.